The van der Waals surface area contributed by atoms with Crippen LogP contribution in [0.2, 0.25) is 0 Å². The molecule has 0 aliphatic carbocycles. The Morgan fingerprint density at radius 3 is 2.19 bits per heavy atom. The first-order valence-corrected chi connectivity index (χ1v) is 8.76. The molecular formula is C23H20O4. The molecule has 3 aromatic rings. The van der Waals surface area contributed by atoms with Gasteiger partial charge in [-0.25, -0.2) is 4.79 Å². The zero-order valence-corrected chi connectivity index (χ0v) is 15.1. The lowest BCUT2D eigenvalue weighted by molar-refractivity contribution is 0.0526. The van der Waals surface area contributed by atoms with Crippen LogP contribution in [0.3, 0.4) is 0 Å². The predicted molar refractivity (Wildman–Crippen MR) is 104 cm³/mol. The Morgan fingerprint density at radius 2 is 1.48 bits per heavy atom. The van der Waals surface area contributed by atoms with Gasteiger partial charge in [0.1, 0.15) is 5.75 Å². The summed E-state index contributed by atoms with van der Waals surface area (Å²) >= 11 is 0. The van der Waals surface area contributed by atoms with Gasteiger partial charge in [0, 0.05) is 5.56 Å². The minimum absolute atomic E-state index is 0.100. The summed E-state index contributed by atoms with van der Waals surface area (Å²) in [5.74, 6) is -0.0864. The van der Waals surface area contributed by atoms with Crippen LogP contribution in [-0.2, 0) is 4.74 Å². The lowest BCUT2D eigenvalue weighted by atomic mass is 10.0. The Bertz CT molecular complexity index is 915. The molecule has 0 heterocycles. The van der Waals surface area contributed by atoms with Crippen molar-refractivity contribution < 1.29 is 19.1 Å². The second-order valence-electron chi connectivity index (χ2n) is 5.90. The minimum Gasteiger partial charge on any atom is -0.485 e. The quantitative estimate of drug-likeness (QED) is 0.449. The van der Waals surface area contributed by atoms with Crippen LogP contribution in [0.15, 0.2) is 78.9 Å². The Labute approximate surface area is 158 Å². The van der Waals surface area contributed by atoms with Crippen LogP contribution in [0.5, 0.6) is 5.75 Å². The number of carbonyl (C=O) groups is 2. The van der Waals surface area contributed by atoms with Crippen molar-refractivity contribution in [1.29, 1.82) is 0 Å². The molecule has 0 saturated heterocycles. The van der Waals surface area contributed by atoms with Crippen molar-refractivity contribution in [2.75, 3.05) is 13.2 Å². The third kappa shape index (κ3) is 4.82. The molecule has 0 aliphatic rings. The van der Waals surface area contributed by atoms with Crippen molar-refractivity contribution in [2.24, 2.45) is 0 Å². The van der Waals surface area contributed by atoms with E-state index in [1.165, 1.54) is 0 Å². The van der Waals surface area contributed by atoms with E-state index in [0.717, 1.165) is 11.1 Å². The summed E-state index contributed by atoms with van der Waals surface area (Å²) in [4.78, 5) is 24.1. The van der Waals surface area contributed by atoms with Gasteiger partial charge in [0.15, 0.2) is 12.4 Å². The van der Waals surface area contributed by atoms with E-state index in [0.29, 0.717) is 23.5 Å². The van der Waals surface area contributed by atoms with Crippen molar-refractivity contribution in [1.82, 2.24) is 0 Å². The van der Waals surface area contributed by atoms with Crippen LogP contribution < -0.4 is 4.74 Å². The van der Waals surface area contributed by atoms with E-state index >= 15 is 0 Å². The second-order valence-corrected chi connectivity index (χ2v) is 5.90. The van der Waals surface area contributed by atoms with E-state index in [1.807, 2.05) is 42.5 Å². The maximum absolute atomic E-state index is 12.4. The van der Waals surface area contributed by atoms with Gasteiger partial charge in [-0.15, -0.1) is 0 Å². The van der Waals surface area contributed by atoms with Gasteiger partial charge in [-0.1, -0.05) is 60.7 Å². The number of hydrogen-bond donors (Lipinski definition) is 0. The Morgan fingerprint density at radius 1 is 0.778 bits per heavy atom. The van der Waals surface area contributed by atoms with E-state index in [4.69, 9.17) is 9.47 Å². The van der Waals surface area contributed by atoms with Gasteiger partial charge < -0.3 is 9.47 Å². The standard InChI is InChI=1S/C23H20O4/c1-2-26-23(25)20-9-6-10-21(15-20)27-16-22(24)19-13-11-18(12-14-19)17-7-4-3-5-8-17/h3-15H,2,16H2,1H3. The van der Waals surface area contributed by atoms with E-state index < -0.39 is 5.97 Å². The van der Waals surface area contributed by atoms with Crippen molar-refractivity contribution in [3.63, 3.8) is 0 Å². The molecule has 0 aromatic heterocycles. The molecule has 0 fully saturated rings. The highest BCUT2D eigenvalue weighted by Gasteiger charge is 2.10. The van der Waals surface area contributed by atoms with Crippen LogP contribution in [0.25, 0.3) is 11.1 Å². The summed E-state index contributed by atoms with van der Waals surface area (Å²) in [5.41, 5.74) is 3.13. The van der Waals surface area contributed by atoms with E-state index in [1.54, 1.807) is 43.3 Å². The van der Waals surface area contributed by atoms with Gasteiger partial charge in [-0.2, -0.15) is 0 Å². The average molecular weight is 360 g/mol. The summed E-state index contributed by atoms with van der Waals surface area (Å²) in [6, 6.07) is 24.0. The number of rotatable bonds is 7. The number of ether oxygens (including phenoxy) is 2. The zero-order valence-electron chi connectivity index (χ0n) is 15.1. The van der Waals surface area contributed by atoms with Crippen molar-refractivity contribution in [2.45, 2.75) is 6.92 Å². The first-order chi connectivity index (χ1) is 13.2. The number of esters is 1. The molecule has 4 nitrogen and oxygen atoms in total. The minimum atomic E-state index is -0.411. The summed E-state index contributed by atoms with van der Waals surface area (Å²) in [6.45, 7) is 1.96. The largest absolute Gasteiger partial charge is 0.485 e. The Kier molecular flexibility index (Phi) is 6.00. The summed E-state index contributed by atoms with van der Waals surface area (Å²) in [5, 5.41) is 0. The molecule has 0 aliphatic heterocycles. The van der Waals surface area contributed by atoms with E-state index in [2.05, 4.69) is 0 Å². The molecule has 0 radical (unpaired) electrons. The molecule has 3 aromatic carbocycles. The number of Topliss-reactive ketones (excluding diaryl/α,β-unsaturated/α-hetero) is 1. The molecular weight excluding hydrogens is 340 g/mol. The second kappa shape index (κ2) is 8.81. The fraction of sp³-hybridized carbons (Fsp3) is 0.130. The third-order valence-electron chi connectivity index (χ3n) is 4.03. The van der Waals surface area contributed by atoms with Crippen molar-refractivity contribution in [3.8, 4) is 16.9 Å². The first kappa shape index (κ1) is 18.4. The van der Waals surface area contributed by atoms with Gasteiger partial charge in [-0.3, -0.25) is 4.79 Å². The summed E-state index contributed by atoms with van der Waals surface area (Å²) in [6.07, 6.45) is 0. The number of hydrogen-bond acceptors (Lipinski definition) is 4. The lowest BCUT2D eigenvalue weighted by Crippen LogP contribution is -2.12. The summed E-state index contributed by atoms with van der Waals surface area (Å²) in [7, 11) is 0. The molecule has 0 bridgehead atoms. The third-order valence-corrected chi connectivity index (χ3v) is 4.03. The summed E-state index contributed by atoms with van der Waals surface area (Å²) < 4.78 is 10.5. The average Bonchev–Trinajstić information content (AvgIpc) is 2.73. The zero-order chi connectivity index (χ0) is 19.1. The molecule has 136 valence electrons. The fourth-order valence-electron chi connectivity index (χ4n) is 2.64. The molecule has 0 N–H and O–H groups in total. The van der Waals surface area contributed by atoms with Crippen LogP contribution in [0, 0.1) is 0 Å². The predicted octanol–water partition coefficient (Wildman–Crippen LogP) is 4.79. The van der Waals surface area contributed by atoms with Crippen molar-refractivity contribution in [3.05, 3.63) is 90.0 Å². The van der Waals surface area contributed by atoms with Crippen LogP contribution in [-0.4, -0.2) is 25.0 Å². The van der Waals surface area contributed by atoms with E-state index in [-0.39, 0.29) is 12.4 Å². The van der Waals surface area contributed by atoms with Crippen LogP contribution in [0.1, 0.15) is 27.6 Å². The molecule has 0 amide bonds. The molecule has 3 rings (SSSR count). The van der Waals surface area contributed by atoms with Gasteiger partial charge in [0.2, 0.25) is 0 Å². The van der Waals surface area contributed by atoms with Gasteiger partial charge in [0.25, 0.3) is 0 Å². The molecule has 27 heavy (non-hydrogen) atoms. The Hall–Kier alpha value is -3.40. The van der Waals surface area contributed by atoms with E-state index in [9.17, 15) is 9.59 Å². The normalized spacial score (nSPS) is 10.3. The maximum atomic E-state index is 12.4. The molecule has 4 heteroatoms. The SMILES string of the molecule is CCOC(=O)c1cccc(OCC(=O)c2ccc(-c3ccccc3)cc2)c1. The molecule has 0 atom stereocenters. The van der Waals surface area contributed by atoms with Crippen LogP contribution >= 0.6 is 0 Å². The highest BCUT2D eigenvalue weighted by atomic mass is 16.5. The fourth-order valence-corrected chi connectivity index (χ4v) is 2.64. The molecule has 0 saturated carbocycles. The van der Waals surface area contributed by atoms with Gasteiger partial charge in [0.05, 0.1) is 12.2 Å². The monoisotopic (exact) mass is 360 g/mol. The number of ketones is 1. The number of carbonyl (C=O) groups excluding carboxylic acids is 2. The molecule has 0 spiro atoms. The first-order valence-electron chi connectivity index (χ1n) is 8.76. The van der Waals surface area contributed by atoms with Gasteiger partial charge in [-0.05, 0) is 36.2 Å². The highest BCUT2D eigenvalue weighted by Crippen LogP contribution is 2.20. The highest BCUT2D eigenvalue weighted by molar-refractivity contribution is 5.97. The number of benzene rings is 3. The lowest BCUT2D eigenvalue weighted by Gasteiger charge is -2.08. The molecule has 0 unspecified atom stereocenters. The Balaban J connectivity index is 1.63. The smallest absolute Gasteiger partial charge is 0.338 e. The maximum Gasteiger partial charge on any atom is 0.338 e. The van der Waals surface area contributed by atoms with Crippen molar-refractivity contribution >= 4 is 11.8 Å². The topological polar surface area (TPSA) is 52.6 Å². The van der Waals surface area contributed by atoms with Crippen LogP contribution in [0.4, 0.5) is 0 Å². The van der Waals surface area contributed by atoms with Gasteiger partial charge >= 0.3 is 5.97 Å².